The number of esters is 1. The van der Waals surface area contributed by atoms with Gasteiger partial charge >= 0.3 is 5.97 Å². The lowest BCUT2D eigenvalue weighted by Crippen LogP contribution is -2.36. The number of amides is 1. The second kappa shape index (κ2) is 7.79. The number of rotatable bonds is 6. The SMILES string of the molecule is CCOC(=O)CN(C)C(=O)COc1ccccc1C#N. The zero-order valence-corrected chi connectivity index (χ0v) is 11.5. The van der Waals surface area contributed by atoms with E-state index in [1.165, 1.54) is 11.9 Å². The summed E-state index contributed by atoms with van der Waals surface area (Å²) < 4.78 is 10.0. The van der Waals surface area contributed by atoms with Crippen LogP contribution in [0, 0.1) is 11.3 Å². The normalized spacial score (nSPS) is 9.45. The van der Waals surface area contributed by atoms with E-state index in [2.05, 4.69) is 0 Å². The van der Waals surface area contributed by atoms with E-state index in [9.17, 15) is 9.59 Å². The summed E-state index contributed by atoms with van der Waals surface area (Å²) in [6.07, 6.45) is 0. The van der Waals surface area contributed by atoms with E-state index in [-0.39, 0.29) is 25.7 Å². The van der Waals surface area contributed by atoms with Gasteiger partial charge in [-0.15, -0.1) is 0 Å². The summed E-state index contributed by atoms with van der Waals surface area (Å²) in [4.78, 5) is 24.2. The van der Waals surface area contributed by atoms with Gasteiger partial charge in [0.15, 0.2) is 6.61 Å². The van der Waals surface area contributed by atoms with E-state index in [1.807, 2.05) is 6.07 Å². The Labute approximate surface area is 117 Å². The van der Waals surface area contributed by atoms with Crippen molar-refractivity contribution in [3.05, 3.63) is 29.8 Å². The lowest BCUT2D eigenvalue weighted by Gasteiger charge is -2.16. The number of benzene rings is 1. The number of nitriles is 1. The van der Waals surface area contributed by atoms with E-state index in [4.69, 9.17) is 14.7 Å². The molecule has 0 saturated heterocycles. The molecule has 1 amide bonds. The standard InChI is InChI=1S/C14H16N2O4/c1-3-19-14(18)9-16(2)13(17)10-20-12-7-5-4-6-11(12)8-15/h4-7H,3,9-10H2,1-2H3. The van der Waals surface area contributed by atoms with Crippen molar-refractivity contribution in [2.75, 3.05) is 26.8 Å². The molecule has 0 N–H and O–H groups in total. The van der Waals surface area contributed by atoms with Gasteiger partial charge in [-0.1, -0.05) is 12.1 Å². The monoisotopic (exact) mass is 276 g/mol. The average Bonchev–Trinajstić information content (AvgIpc) is 2.45. The Balaban J connectivity index is 2.51. The van der Waals surface area contributed by atoms with Gasteiger partial charge in [-0.05, 0) is 19.1 Å². The maximum atomic E-state index is 11.8. The maximum absolute atomic E-state index is 11.8. The smallest absolute Gasteiger partial charge is 0.325 e. The molecular formula is C14H16N2O4. The van der Waals surface area contributed by atoms with E-state index in [0.717, 1.165) is 0 Å². The molecule has 0 saturated carbocycles. The van der Waals surface area contributed by atoms with Gasteiger partial charge < -0.3 is 14.4 Å². The molecule has 6 heteroatoms. The largest absolute Gasteiger partial charge is 0.482 e. The average molecular weight is 276 g/mol. The number of likely N-dealkylation sites (N-methyl/N-ethyl adjacent to an activating group) is 1. The summed E-state index contributed by atoms with van der Waals surface area (Å²) in [5.41, 5.74) is 0.355. The molecule has 0 heterocycles. The predicted octanol–water partition coefficient (Wildman–Crippen LogP) is 0.959. The quantitative estimate of drug-likeness (QED) is 0.723. The second-order valence-corrected chi connectivity index (χ2v) is 3.95. The van der Waals surface area contributed by atoms with Crippen LogP contribution in [0.5, 0.6) is 5.75 Å². The van der Waals surface area contributed by atoms with Crippen molar-refractivity contribution in [2.45, 2.75) is 6.92 Å². The number of hydrogen-bond acceptors (Lipinski definition) is 5. The number of ether oxygens (including phenoxy) is 2. The summed E-state index contributed by atoms with van der Waals surface area (Å²) >= 11 is 0. The Kier molecular flexibility index (Phi) is 6.04. The highest BCUT2D eigenvalue weighted by molar-refractivity contribution is 5.82. The van der Waals surface area contributed by atoms with Gasteiger partial charge in [0, 0.05) is 7.05 Å². The van der Waals surface area contributed by atoms with Crippen LogP contribution in [0.1, 0.15) is 12.5 Å². The molecular weight excluding hydrogens is 260 g/mol. The van der Waals surface area contributed by atoms with Crippen LogP contribution in [0.3, 0.4) is 0 Å². The summed E-state index contributed by atoms with van der Waals surface area (Å²) in [6, 6.07) is 8.60. The van der Waals surface area contributed by atoms with Crippen LogP contribution < -0.4 is 4.74 Å². The Morgan fingerprint density at radius 2 is 2.05 bits per heavy atom. The van der Waals surface area contributed by atoms with Crippen molar-refractivity contribution >= 4 is 11.9 Å². The lowest BCUT2D eigenvalue weighted by atomic mass is 10.2. The minimum Gasteiger partial charge on any atom is -0.482 e. The minimum absolute atomic E-state index is 0.129. The van der Waals surface area contributed by atoms with Gasteiger partial charge in [0.1, 0.15) is 18.4 Å². The first kappa shape index (κ1) is 15.5. The van der Waals surface area contributed by atoms with Crippen LogP contribution in [0.2, 0.25) is 0 Å². The molecule has 0 unspecified atom stereocenters. The number of para-hydroxylation sites is 1. The molecule has 1 aromatic rings. The molecule has 0 bridgehead atoms. The third-order valence-electron chi connectivity index (χ3n) is 2.46. The molecule has 0 aliphatic carbocycles. The highest BCUT2D eigenvalue weighted by atomic mass is 16.5. The van der Waals surface area contributed by atoms with Crippen molar-refractivity contribution in [3.8, 4) is 11.8 Å². The van der Waals surface area contributed by atoms with Crippen molar-refractivity contribution in [1.82, 2.24) is 4.90 Å². The van der Waals surface area contributed by atoms with E-state index < -0.39 is 5.97 Å². The van der Waals surface area contributed by atoms with Crippen molar-refractivity contribution < 1.29 is 19.1 Å². The first-order valence-corrected chi connectivity index (χ1v) is 6.10. The summed E-state index contributed by atoms with van der Waals surface area (Å²) in [6.45, 7) is 1.60. The number of carbonyl (C=O) groups is 2. The topological polar surface area (TPSA) is 79.6 Å². The number of hydrogen-bond donors (Lipinski definition) is 0. The lowest BCUT2D eigenvalue weighted by molar-refractivity contribution is -0.148. The molecule has 0 aliphatic rings. The molecule has 0 fully saturated rings. The van der Waals surface area contributed by atoms with Crippen molar-refractivity contribution in [2.24, 2.45) is 0 Å². The van der Waals surface area contributed by atoms with Crippen molar-refractivity contribution in [3.63, 3.8) is 0 Å². The van der Waals surface area contributed by atoms with Gasteiger partial charge in [-0.2, -0.15) is 5.26 Å². The summed E-state index contributed by atoms with van der Waals surface area (Å²) in [5, 5.41) is 8.88. The molecule has 0 atom stereocenters. The first-order chi connectivity index (χ1) is 9.58. The van der Waals surface area contributed by atoms with Crippen LogP contribution in [0.4, 0.5) is 0 Å². The van der Waals surface area contributed by atoms with Crippen LogP contribution in [0.15, 0.2) is 24.3 Å². The Bertz CT molecular complexity index is 522. The first-order valence-electron chi connectivity index (χ1n) is 6.10. The molecule has 1 aromatic carbocycles. The van der Waals surface area contributed by atoms with E-state index in [0.29, 0.717) is 11.3 Å². The molecule has 0 aromatic heterocycles. The Hall–Kier alpha value is -2.55. The van der Waals surface area contributed by atoms with Gasteiger partial charge in [0.25, 0.3) is 5.91 Å². The minimum atomic E-state index is -0.472. The Morgan fingerprint density at radius 3 is 2.70 bits per heavy atom. The zero-order chi connectivity index (χ0) is 15.0. The fraction of sp³-hybridized carbons (Fsp3) is 0.357. The molecule has 1 rings (SSSR count). The summed E-state index contributed by atoms with van der Waals surface area (Å²) in [5.74, 6) is -0.501. The summed E-state index contributed by atoms with van der Waals surface area (Å²) in [7, 11) is 1.48. The number of carbonyl (C=O) groups excluding carboxylic acids is 2. The van der Waals surface area contributed by atoms with Crippen LogP contribution in [0.25, 0.3) is 0 Å². The number of nitrogens with zero attached hydrogens (tertiary/aromatic N) is 2. The van der Waals surface area contributed by atoms with E-state index in [1.54, 1.807) is 31.2 Å². The van der Waals surface area contributed by atoms with Crippen LogP contribution in [-0.2, 0) is 14.3 Å². The highest BCUT2D eigenvalue weighted by Crippen LogP contribution is 2.16. The third kappa shape index (κ3) is 4.61. The zero-order valence-electron chi connectivity index (χ0n) is 11.5. The van der Waals surface area contributed by atoms with Crippen LogP contribution in [-0.4, -0.2) is 43.6 Å². The fourth-order valence-corrected chi connectivity index (χ4v) is 1.42. The second-order valence-electron chi connectivity index (χ2n) is 3.95. The molecule has 0 aliphatic heterocycles. The molecule has 20 heavy (non-hydrogen) atoms. The van der Waals surface area contributed by atoms with Gasteiger partial charge in [-0.3, -0.25) is 9.59 Å². The van der Waals surface area contributed by atoms with Gasteiger partial charge in [-0.25, -0.2) is 0 Å². The molecule has 6 nitrogen and oxygen atoms in total. The van der Waals surface area contributed by atoms with Crippen molar-refractivity contribution in [1.29, 1.82) is 5.26 Å². The Morgan fingerprint density at radius 1 is 1.35 bits per heavy atom. The van der Waals surface area contributed by atoms with E-state index >= 15 is 0 Å². The fourth-order valence-electron chi connectivity index (χ4n) is 1.42. The molecule has 106 valence electrons. The van der Waals surface area contributed by atoms with Gasteiger partial charge in [0.05, 0.1) is 12.2 Å². The maximum Gasteiger partial charge on any atom is 0.325 e. The predicted molar refractivity (Wildman–Crippen MR) is 70.9 cm³/mol. The van der Waals surface area contributed by atoms with Gasteiger partial charge in [0.2, 0.25) is 0 Å². The van der Waals surface area contributed by atoms with Crippen LogP contribution >= 0.6 is 0 Å². The highest BCUT2D eigenvalue weighted by Gasteiger charge is 2.14. The molecule has 0 radical (unpaired) electrons. The third-order valence-corrected chi connectivity index (χ3v) is 2.46. The molecule has 0 spiro atoms.